The number of nitrogens with zero attached hydrogens (tertiary/aromatic N) is 1. The fourth-order valence-electron chi connectivity index (χ4n) is 3.73. The molecular formula is C18H23NO5. The lowest BCUT2D eigenvalue weighted by Crippen LogP contribution is -2.40. The van der Waals surface area contributed by atoms with E-state index >= 15 is 0 Å². The van der Waals surface area contributed by atoms with E-state index in [-0.39, 0.29) is 24.5 Å². The summed E-state index contributed by atoms with van der Waals surface area (Å²) in [6, 6.07) is 7.52. The van der Waals surface area contributed by atoms with E-state index < -0.39 is 11.9 Å². The standard InChI is InChI=1S/C18H23NO5/c1-13-4-2-3-5-15(13)24-11-16(20)19-10-14(17(21)22)18(12-19)6-8-23-9-7-18/h2-5,14H,6-12H2,1H3,(H,21,22). The van der Waals surface area contributed by atoms with Crippen LogP contribution in [0.5, 0.6) is 5.75 Å². The summed E-state index contributed by atoms with van der Waals surface area (Å²) in [5.41, 5.74) is 0.610. The lowest BCUT2D eigenvalue weighted by molar-refractivity contribution is -0.146. The fraction of sp³-hybridized carbons (Fsp3) is 0.556. The molecule has 0 aliphatic carbocycles. The van der Waals surface area contributed by atoms with Gasteiger partial charge in [0.25, 0.3) is 5.91 Å². The van der Waals surface area contributed by atoms with Crippen LogP contribution in [0.2, 0.25) is 0 Å². The van der Waals surface area contributed by atoms with E-state index in [2.05, 4.69) is 0 Å². The number of amides is 1. The number of carbonyl (C=O) groups excluding carboxylic acids is 1. The molecule has 24 heavy (non-hydrogen) atoms. The Hall–Kier alpha value is -2.08. The molecule has 1 spiro atoms. The Bertz CT molecular complexity index is 624. The summed E-state index contributed by atoms with van der Waals surface area (Å²) >= 11 is 0. The maximum Gasteiger partial charge on any atom is 0.308 e. The average molecular weight is 333 g/mol. The Labute approximate surface area is 141 Å². The highest BCUT2D eigenvalue weighted by Crippen LogP contribution is 2.44. The van der Waals surface area contributed by atoms with Crippen molar-refractivity contribution in [2.45, 2.75) is 19.8 Å². The van der Waals surface area contributed by atoms with Gasteiger partial charge in [-0.15, -0.1) is 0 Å². The first kappa shape index (κ1) is 16.8. The van der Waals surface area contributed by atoms with Crippen LogP contribution < -0.4 is 4.74 Å². The Balaban J connectivity index is 1.65. The number of aliphatic carboxylic acids is 1. The number of carboxylic acid groups (broad SMARTS) is 1. The van der Waals surface area contributed by atoms with Crippen LogP contribution in [0.25, 0.3) is 0 Å². The van der Waals surface area contributed by atoms with Crippen molar-refractivity contribution in [1.29, 1.82) is 0 Å². The first-order chi connectivity index (χ1) is 11.5. The van der Waals surface area contributed by atoms with Gasteiger partial charge in [0.15, 0.2) is 6.61 Å². The van der Waals surface area contributed by atoms with Crippen molar-refractivity contribution in [3.05, 3.63) is 29.8 Å². The molecule has 6 heteroatoms. The van der Waals surface area contributed by atoms with Gasteiger partial charge in [-0.1, -0.05) is 18.2 Å². The summed E-state index contributed by atoms with van der Waals surface area (Å²) in [4.78, 5) is 25.8. The van der Waals surface area contributed by atoms with Crippen molar-refractivity contribution in [1.82, 2.24) is 4.90 Å². The van der Waals surface area contributed by atoms with Crippen molar-refractivity contribution >= 4 is 11.9 Å². The van der Waals surface area contributed by atoms with Crippen LogP contribution in [0, 0.1) is 18.3 Å². The van der Waals surface area contributed by atoms with Crippen LogP contribution in [0.15, 0.2) is 24.3 Å². The zero-order chi connectivity index (χ0) is 17.2. The number of hydrogen-bond acceptors (Lipinski definition) is 4. The van der Waals surface area contributed by atoms with Gasteiger partial charge in [0, 0.05) is 31.7 Å². The molecule has 3 rings (SSSR count). The van der Waals surface area contributed by atoms with E-state index in [0.29, 0.717) is 38.3 Å². The summed E-state index contributed by atoms with van der Waals surface area (Å²) < 4.78 is 11.0. The number of rotatable bonds is 4. The SMILES string of the molecule is Cc1ccccc1OCC(=O)N1CC(C(=O)O)C2(CCOCC2)C1. The molecule has 130 valence electrons. The molecule has 1 N–H and O–H groups in total. The second kappa shape index (κ2) is 6.81. The minimum atomic E-state index is -0.827. The van der Waals surface area contributed by atoms with Crippen LogP contribution in [0.1, 0.15) is 18.4 Å². The van der Waals surface area contributed by atoms with Crippen molar-refractivity contribution < 1.29 is 24.2 Å². The molecule has 0 aromatic heterocycles. The molecule has 1 aromatic carbocycles. The van der Waals surface area contributed by atoms with Crippen LogP contribution in [-0.4, -0.2) is 54.8 Å². The van der Waals surface area contributed by atoms with E-state index in [0.717, 1.165) is 5.56 Å². The summed E-state index contributed by atoms with van der Waals surface area (Å²) in [5, 5.41) is 9.56. The molecule has 2 fully saturated rings. The third-order valence-electron chi connectivity index (χ3n) is 5.23. The first-order valence-corrected chi connectivity index (χ1v) is 8.29. The number of ether oxygens (including phenoxy) is 2. The van der Waals surface area contributed by atoms with Gasteiger partial charge < -0.3 is 19.5 Å². The number of likely N-dealkylation sites (tertiary alicyclic amines) is 1. The van der Waals surface area contributed by atoms with Gasteiger partial charge in [-0.25, -0.2) is 0 Å². The zero-order valence-corrected chi connectivity index (χ0v) is 13.9. The van der Waals surface area contributed by atoms with Crippen LogP contribution in [0.3, 0.4) is 0 Å². The predicted octanol–water partition coefficient (Wildman–Crippen LogP) is 1.71. The Morgan fingerprint density at radius 3 is 2.71 bits per heavy atom. The normalized spacial score (nSPS) is 22.5. The molecule has 2 heterocycles. The Morgan fingerprint density at radius 1 is 1.33 bits per heavy atom. The molecule has 1 amide bonds. The largest absolute Gasteiger partial charge is 0.484 e. The minimum Gasteiger partial charge on any atom is -0.484 e. The molecule has 1 aromatic rings. The number of benzene rings is 1. The molecule has 0 saturated carbocycles. The third kappa shape index (κ3) is 3.24. The van der Waals surface area contributed by atoms with Crippen molar-refractivity contribution in [2.24, 2.45) is 11.3 Å². The molecule has 2 aliphatic rings. The number of carboxylic acids is 1. The van der Waals surface area contributed by atoms with Gasteiger partial charge in [0.05, 0.1) is 5.92 Å². The third-order valence-corrected chi connectivity index (χ3v) is 5.23. The second-order valence-electron chi connectivity index (χ2n) is 6.69. The summed E-state index contributed by atoms with van der Waals surface area (Å²) in [6.45, 7) is 3.71. The fourth-order valence-corrected chi connectivity index (χ4v) is 3.73. The van der Waals surface area contributed by atoms with Gasteiger partial charge in [-0.3, -0.25) is 9.59 Å². The van der Waals surface area contributed by atoms with Gasteiger partial charge in [-0.05, 0) is 31.4 Å². The molecule has 2 saturated heterocycles. The van der Waals surface area contributed by atoms with Crippen molar-refractivity contribution in [3.63, 3.8) is 0 Å². The number of aryl methyl sites for hydroxylation is 1. The molecule has 6 nitrogen and oxygen atoms in total. The van der Waals surface area contributed by atoms with Crippen LogP contribution in [0.4, 0.5) is 0 Å². The zero-order valence-electron chi connectivity index (χ0n) is 13.9. The van der Waals surface area contributed by atoms with E-state index in [1.165, 1.54) is 0 Å². The lowest BCUT2D eigenvalue weighted by atomic mass is 9.72. The lowest BCUT2D eigenvalue weighted by Gasteiger charge is -2.36. The molecule has 0 radical (unpaired) electrons. The first-order valence-electron chi connectivity index (χ1n) is 8.29. The van der Waals surface area contributed by atoms with Crippen LogP contribution in [-0.2, 0) is 14.3 Å². The van der Waals surface area contributed by atoms with Crippen molar-refractivity contribution in [2.75, 3.05) is 32.9 Å². The highest BCUT2D eigenvalue weighted by atomic mass is 16.5. The summed E-state index contributed by atoms with van der Waals surface area (Å²) in [7, 11) is 0. The second-order valence-corrected chi connectivity index (χ2v) is 6.69. The quantitative estimate of drug-likeness (QED) is 0.908. The average Bonchev–Trinajstić information content (AvgIpc) is 2.94. The van der Waals surface area contributed by atoms with Gasteiger partial charge in [0.1, 0.15) is 5.75 Å². The Kier molecular flexibility index (Phi) is 4.76. The van der Waals surface area contributed by atoms with E-state index in [1.54, 1.807) is 4.90 Å². The van der Waals surface area contributed by atoms with Crippen LogP contribution >= 0.6 is 0 Å². The number of hydrogen-bond donors (Lipinski definition) is 1. The highest BCUT2D eigenvalue weighted by molar-refractivity contribution is 5.80. The minimum absolute atomic E-state index is 0.0657. The summed E-state index contributed by atoms with van der Waals surface area (Å²) in [6.07, 6.45) is 1.37. The molecule has 0 bridgehead atoms. The number of para-hydroxylation sites is 1. The molecule has 2 aliphatic heterocycles. The van der Waals surface area contributed by atoms with Gasteiger partial charge in [0.2, 0.25) is 0 Å². The van der Waals surface area contributed by atoms with Crippen molar-refractivity contribution in [3.8, 4) is 5.75 Å². The highest BCUT2D eigenvalue weighted by Gasteiger charge is 2.51. The monoisotopic (exact) mass is 333 g/mol. The van der Waals surface area contributed by atoms with Gasteiger partial charge >= 0.3 is 5.97 Å². The maximum atomic E-state index is 12.5. The van der Waals surface area contributed by atoms with E-state index in [9.17, 15) is 14.7 Å². The smallest absolute Gasteiger partial charge is 0.308 e. The molecular weight excluding hydrogens is 310 g/mol. The van der Waals surface area contributed by atoms with Gasteiger partial charge in [-0.2, -0.15) is 0 Å². The number of carbonyl (C=O) groups is 2. The maximum absolute atomic E-state index is 12.5. The Morgan fingerprint density at radius 2 is 2.04 bits per heavy atom. The topological polar surface area (TPSA) is 76.1 Å². The van der Waals surface area contributed by atoms with E-state index in [1.807, 2.05) is 31.2 Å². The summed E-state index contributed by atoms with van der Waals surface area (Å²) in [5.74, 6) is -0.829. The molecule has 1 unspecified atom stereocenters. The van der Waals surface area contributed by atoms with E-state index in [4.69, 9.17) is 9.47 Å². The molecule has 1 atom stereocenters. The predicted molar refractivity (Wildman–Crippen MR) is 86.9 cm³/mol.